The van der Waals surface area contributed by atoms with Gasteiger partial charge in [-0.05, 0) is 42.1 Å². The van der Waals surface area contributed by atoms with Crippen molar-refractivity contribution >= 4 is 40.6 Å². The number of aromatic hydroxyl groups is 1. The first kappa shape index (κ1) is 14.9. The zero-order valence-electron chi connectivity index (χ0n) is 11.5. The monoisotopic (exact) mass is 330 g/mol. The van der Waals surface area contributed by atoms with Crippen LogP contribution in [0.4, 0.5) is 5.69 Å². The van der Waals surface area contributed by atoms with Crippen LogP contribution in [0.1, 0.15) is 16.1 Å². The fourth-order valence-corrected chi connectivity index (χ4v) is 2.69. The minimum atomic E-state index is -1.26. The molecule has 23 heavy (non-hydrogen) atoms. The van der Waals surface area contributed by atoms with Crippen molar-refractivity contribution in [2.45, 2.75) is 0 Å². The van der Waals surface area contributed by atoms with Gasteiger partial charge in [0.15, 0.2) is 5.17 Å². The number of rotatable bonds is 3. The zero-order valence-corrected chi connectivity index (χ0v) is 12.3. The van der Waals surface area contributed by atoms with Crippen LogP contribution < -0.4 is 5.32 Å². The molecule has 2 heterocycles. The second-order valence-electron chi connectivity index (χ2n) is 4.50. The van der Waals surface area contributed by atoms with E-state index in [0.29, 0.717) is 21.5 Å². The lowest BCUT2D eigenvalue weighted by Crippen LogP contribution is -2.19. The van der Waals surface area contributed by atoms with Crippen LogP contribution in [0.15, 0.2) is 50.9 Å². The minimum absolute atomic E-state index is 0.257. The van der Waals surface area contributed by atoms with Gasteiger partial charge in [-0.15, -0.1) is 0 Å². The Labute approximate surface area is 134 Å². The van der Waals surface area contributed by atoms with E-state index >= 15 is 0 Å². The number of amidine groups is 1. The summed E-state index contributed by atoms with van der Waals surface area (Å²) in [7, 11) is 0. The molecule has 116 valence electrons. The first-order chi connectivity index (χ1) is 11.0. The van der Waals surface area contributed by atoms with Crippen molar-refractivity contribution in [1.82, 2.24) is 5.32 Å². The number of carboxylic acid groups (broad SMARTS) is 1. The van der Waals surface area contributed by atoms with Gasteiger partial charge in [0.05, 0.1) is 16.9 Å². The van der Waals surface area contributed by atoms with Gasteiger partial charge >= 0.3 is 5.97 Å². The molecule has 1 aliphatic rings. The number of carbonyl (C=O) groups excluding carboxylic acids is 1. The van der Waals surface area contributed by atoms with Gasteiger partial charge < -0.3 is 19.9 Å². The zero-order chi connectivity index (χ0) is 16.4. The maximum Gasteiger partial charge on any atom is 0.339 e. The number of aromatic carboxylic acids is 1. The lowest BCUT2D eigenvalue weighted by Gasteiger charge is -2.01. The lowest BCUT2D eigenvalue weighted by atomic mass is 10.2. The molecule has 0 atom stereocenters. The van der Waals surface area contributed by atoms with Crippen LogP contribution in [-0.2, 0) is 4.79 Å². The van der Waals surface area contributed by atoms with Crippen LogP contribution in [0.3, 0.4) is 0 Å². The van der Waals surface area contributed by atoms with Crippen LogP contribution in [0.25, 0.3) is 6.08 Å². The number of benzene rings is 1. The molecule has 2 aromatic rings. The summed E-state index contributed by atoms with van der Waals surface area (Å²) >= 11 is 1.11. The lowest BCUT2D eigenvalue weighted by molar-refractivity contribution is -0.115. The summed E-state index contributed by atoms with van der Waals surface area (Å²) < 4.78 is 5.15. The Morgan fingerprint density at radius 2 is 2.17 bits per heavy atom. The predicted octanol–water partition coefficient (Wildman–Crippen LogP) is 2.58. The molecule has 1 aromatic carbocycles. The number of thioether (sulfide) groups is 1. The molecule has 1 amide bonds. The molecule has 0 aliphatic carbocycles. The van der Waals surface area contributed by atoms with E-state index in [4.69, 9.17) is 9.52 Å². The van der Waals surface area contributed by atoms with E-state index in [0.717, 1.165) is 11.8 Å². The number of hydrogen-bond acceptors (Lipinski definition) is 6. The average molecular weight is 330 g/mol. The first-order valence-corrected chi connectivity index (χ1v) is 7.24. The minimum Gasteiger partial charge on any atom is -0.507 e. The third-order valence-corrected chi connectivity index (χ3v) is 3.82. The van der Waals surface area contributed by atoms with Gasteiger partial charge in [0.2, 0.25) is 0 Å². The van der Waals surface area contributed by atoms with Gasteiger partial charge in [-0.3, -0.25) is 4.79 Å². The molecule has 0 spiro atoms. The molecule has 1 aromatic heterocycles. The molecule has 0 unspecified atom stereocenters. The van der Waals surface area contributed by atoms with E-state index in [1.54, 1.807) is 18.2 Å². The molecular formula is C15H10N2O5S. The van der Waals surface area contributed by atoms with Crippen LogP contribution in [0, 0.1) is 0 Å². The number of amides is 1. The Morgan fingerprint density at radius 3 is 2.87 bits per heavy atom. The summed E-state index contributed by atoms with van der Waals surface area (Å²) in [6, 6.07) is 7.35. The largest absolute Gasteiger partial charge is 0.507 e. The van der Waals surface area contributed by atoms with Crippen molar-refractivity contribution in [2.24, 2.45) is 4.99 Å². The quantitative estimate of drug-likeness (QED) is 0.746. The average Bonchev–Trinajstić information content (AvgIpc) is 3.12. The highest BCUT2D eigenvalue weighted by Gasteiger charge is 2.24. The van der Waals surface area contributed by atoms with Gasteiger partial charge in [0.25, 0.3) is 5.91 Å². The van der Waals surface area contributed by atoms with Crippen molar-refractivity contribution in [2.75, 3.05) is 0 Å². The standard InChI is InChI=1S/C15H10N2O5S/c18-11-4-3-8(6-10(11)14(20)21)16-15-17-13(19)12(23-15)7-9-2-1-5-22-9/h1-7,18H,(H,20,21)(H,16,17,19)/b12-7-. The highest BCUT2D eigenvalue weighted by Crippen LogP contribution is 2.29. The van der Waals surface area contributed by atoms with Gasteiger partial charge in [0, 0.05) is 6.08 Å². The van der Waals surface area contributed by atoms with Crippen LogP contribution in [0.2, 0.25) is 0 Å². The molecule has 1 fully saturated rings. The summed E-state index contributed by atoms with van der Waals surface area (Å²) in [5.41, 5.74) is 0.0507. The van der Waals surface area contributed by atoms with Crippen molar-refractivity contribution in [1.29, 1.82) is 0 Å². The maximum atomic E-state index is 11.9. The molecule has 0 radical (unpaired) electrons. The van der Waals surface area contributed by atoms with E-state index in [-0.39, 0.29) is 17.2 Å². The topological polar surface area (TPSA) is 112 Å². The summed E-state index contributed by atoms with van der Waals surface area (Å²) in [6.45, 7) is 0. The second kappa shape index (κ2) is 6.01. The highest BCUT2D eigenvalue weighted by molar-refractivity contribution is 8.18. The molecule has 1 aliphatic heterocycles. The Balaban J connectivity index is 1.86. The molecule has 3 N–H and O–H groups in total. The van der Waals surface area contributed by atoms with Crippen molar-refractivity contribution < 1.29 is 24.2 Å². The third-order valence-electron chi connectivity index (χ3n) is 2.91. The fourth-order valence-electron chi connectivity index (χ4n) is 1.87. The number of aliphatic imine (C=N–C) groups is 1. The fraction of sp³-hybridized carbons (Fsp3) is 0. The molecule has 3 rings (SSSR count). The second-order valence-corrected chi connectivity index (χ2v) is 5.53. The van der Waals surface area contributed by atoms with Crippen molar-refractivity contribution in [3.8, 4) is 5.75 Å². The molecule has 0 bridgehead atoms. The molecule has 0 saturated carbocycles. The number of hydrogen-bond donors (Lipinski definition) is 3. The van der Waals surface area contributed by atoms with Gasteiger partial charge in [-0.2, -0.15) is 0 Å². The van der Waals surface area contributed by atoms with E-state index in [9.17, 15) is 14.7 Å². The van der Waals surface area contributed by atoms with Crippen molar-refractivity contribution in [3.05, 3.63) is 52.8 Å². The molecule has 8 heteroatoms. The van der Waals surface area contributed by atoms with Crippen LogP contribution in [-0.4, -0.2) is 27.3 Å². The van der Waals surface area contributed by atoms with E-state index in [1.165, 1.54) is 24.5 Å². The van der Waals surface area contributed by atoms with E-state index in [2.05, 4.69) is 10.3 Å². The number of carbonyl (C=O) groups is 2. The number of nitrogens with zero attached hydrogens (tertiary/aromatic N) is 1. The number of phenols is 1. The smallest absolute Gasteiger partial charge is 0.339 e. The Kier molecular flexibility index (Phi) is 3.90. The SMILES string of the molecule is O=C1NC(=Nc2ccc(O)c(C(=O)O)c2)S/C1=C\c1ccco1. The maximum absolute atomic E-state index is 11.9. The summed E-state index contributed by atoms with van der Waals surface area (Å²) in [6.07, 6.45) is 3.09. The first-order valence-electron chi connectivity index (χ1n) is 6.42. The number of nitrogens with one attached hydrogen (secondary N) is 1. The summed E-state index contributed by atoms with van der Waals surface area (Å²) in [4.78, 5) is 27.5. The number of furan rings is 1. The van der Waals surface area contributed by atoms with Gasteiger partial charge in [0.1, 0.15) is 17.1 Å². The molecule has 1 saturated heterocycles. The number of carboxylic acids is 1. The molecule has 7 nitrogen and oxygen atoms in total. The Morgan fingerprint density at radius 1 is 1.35 bits per heavy atom. The van der Waals surface area contributed by atoms with Crippen LogP contribution in [0.5, 0.6) is 5.75 Å². The van der Waals surface area contributed by atoms with E-state index < -0.39 is 5.97 Å². The Hall–Kier alpha value is -3.00. The third kappa shape index (κ3) is 3.27. The van der Waals surface area contributed by atoms with Gasteiger partial charge in [-0.1, -0.05) is 0 Å². The van der Waals surface area contributed by atoms with E-state index in [1.807, 2.05) is 0 Å². The normalized spacial score (nSPS) is 17.7. The predicted molar refractivity (Wildman–Crippen MR) is 84.6 cm³/mol. The van der Waals surface area contributed by atoms with Crippen LogP contribution >= 0.6 is 11.8 Å². The Bertz CT molecular complexity index is 840. The van der Waals surface area contributed by atoms with Crippen molar-refractivity contribution in [3.63, 3.8) is 0 Å². The molecular weight excluding hydrogens is 320 g/mol. The van der Waals surface area contributed by atoms with Gasteiger partial charge in [-0.25, -0.2) is 9.79 Å². The summed E-state index contributed by atoms with van der Waals surface area (Å²) in [5.74, 6) is -1.38. The highest BCUT2D eigenvalue weighted by atomic mass is 32.2. The summed E-state index contributed by atoms with van der Waals surface area (Å²) in [5, 5.41) is 21.3.